The highest BCUT2D eigenvalue weighted by molar-refractivity contribution is 7.89. The molecule has 2 atom stereocenters. The highest BCUT2D eigenvalue weighted by Gasteiger charge is 2.41. The topological polar surface area (TPSA) is 74.7 Å². The van der Waals surface area contributed by atoms with Gasteiger partial charge in [-0.15, -0.1) is 0 Å². The maximum Gasteiger partial charge on any atom is 0.335 e. The van der Waals surface area contributed by atoms with Crippen LogP contribution in [0.4, 0.5) is 0 Å². The minimum atomic E-state index is -3.60. The molecule has 2 fully saturated rings. The largest absolute Gasteiger partial charge is 0.478 e. The normalized spacial score (nSPS) is 26.0. The number of nitrogens with zero attached hydrogens (tertiary/aromatic N) is 1. The second kappa shape index (κ2) is 5.10. The summed E-state index contributed by atoms with van der Waals surface area (Å²) in [5.74, 6) is -0.157. The van der Waals surface area contributed by atoms with Crippen LogP contribution in [-0.2, 0) is 10.0 Å². The highest BCUT2D eigenvalue weighted by atomic mass is 32.2. The molecule has 1 aromatic carbocycles. The zero-order valence-electron chi connectivity index (χ0n) is 11.9. The van der Waals surface area contributed by atoms with Crippen molar-refractivity contribution in [3.63, 3.8) is 0 Å². The number of hydrogen-bond acceptors (Lipinski definition) is 3. The molecule has 6 heteroatoms. The average Bonchev–Trinajstić information content (AvgIpc) is 2.99. The van der Waals surface area contributed by atoms with Crippen molar-refractivity contribution in [1.82, 2.24) is 4.31 Å². The molecule has 3 rings (SSSR count). The van der Waals surface area contributed by atoms with Crippen LogP contribution in [0.2, 0.25) is 0 Å². The zero-order chi connectivity index (χ0) is 15.2. The number of benzene rings is 1. The van der Waals surface area contributed by atoms with Gasteiger partial charge in [0.1, 0.15) is 0 Å². The molecular formula is C15H19NO4S. The van der Waals surface area contributed by atoms with Crippen LogP contribution in [0.3, 0.4) is 0 Å². The summed E-state index contributed by atoms with van der Waals surface area (Å²) in [5.41, 5.74) is 0.607. The standard InChI is InChI=1S/C15H19NO4S/c1-10-5-6-11(15(17)18)7-14(10)21(19,20)16-8-12-3-2-4-13(12)9-16/h5-7,12-13H,2-4,8-9H2,1H3,(H,17,18)/t12-,13+. The van der Waals surface area contributed by atoms with E-state index >= 15 is 0 Å². The Morgan fingerprint density at radius 3 is 2.43 bits per heavy atom. The van der Waals surface area contributed by atoms with Crippen molar-refractivity contribution < 1.29 is 18.3 Å². The van der Waals surface area contributed by atoms with Crippen LogP contribution in [0.25, 0.3) is 0 Å². The molecule has 21 heavy (non-hydrogen) atoms. The van der Waals surface area contributed by atoms with E-state index in [1.807, 2.05) is 0 Å². The molecule has 0 unspecified atom stereocenters. The van der Waals surface area contributed by atoms with Gasteiger partial charge in [-0.2, -0.15) is 4.31 Å². The van der Waals surface area contributed by atoms with Crippen molar-refractivity contribution in [2.24, 2.45) is 11.8 Å². The van der Waals surface area contributed by atoms with Gasteiger partial charge in [0.25, 0.3) is 0 Å². The van der Waals surface area contributed by atoms with E-state index in [-0.39, 0.29) is 10.5 Å². The van der Waals surface area contributed by atoms with Gasteiger partial charge >= 0.3 is 5.97 Å². The Kier molecular flexibility index (Phi) is 3.53. The van der Waals surface area contributed by atoms with Crippen molar-refractivity contribution in [2.45, 2.75) is 31.1 Å². The first kappa shape index (κ1) is 14.5. The molecule has 0 amide bonds. The van der Waals surface area contributed by atoms with Gasteiger partial charge in [-0.05, 0) is 49.3 Å². The van der Waals surface area contributed by atoms with Gasteiger partial charge in [0.05, 0.1) is 10.5 Å². The first-order valence-corrected chi connectivity index (χ1v) is 8.67. The monoisotopic (exact) mass is 309 g/mol. The summed E-state index contributed by atoms with van der Waals surface area (Å²) in [4.78, 5) is 11.2. The highest BCUT2D eigenvalue weighted by Crippen LogP contribution is 2.40. The lowest BCUT2D eigenvalue weighted by atomic mass is 10.0. The first-order chi connectivity index (χ1) is 9.89. The molecule has 1 saturated carbocycles. The molecule has 1 N–H and O–H groups in total. The fourth-order valence-corrected chi connectivity index (χ4v) is 5.34. The molecule has 114 valence electrons. The Morgan fingerprint density at radius 2 is 1.86 bits per heavy atom. The first-order valence-electron chi connectivity index (χ1n) is 7.23. The molecular weight excluding hydrogens is 290 g/mol. The van der Waals surface area contributed by atoms with Crippen LogP contribution >= 0.6 is 0 Å². The summed E-state index contributed by atoms with van der Waals surface area (Å²) >= 11 is 0. The van der Waals surface area contributed by atoms with E-state index < -0.39 is 16.0 Å². The molecule has 0 radical (unpaired) electrons. The molecule has 1 heterocycles. The van der Waals surface area contributed by atoms with E-state index in [1.165, 1.54) is 22.9 Å². The van der Waals surface area contributed by atoms with Crippen LogP contribution in [0.1, 0.15) is 35.2 Å². The molecule has 1 aliphatic carbocycles. The number of carboxylic acids is 1. The lowest BCUT2D eigenvalue weighted by Crippen LogP contribution is -2.30. The molecule has 1 aromatic rings. The quantitative estimate of drug-likeness (QED) is 0.928. The number of carbonyl (C=O) groups is 1. The molecule has 1 aliphatic heterocycles. The van der Waals surface area contributed by atoms with E-state index in [1.54, 1.807) is 13.0 Å². The molecule has 5 nitrogen and oxygen atoms in total. The Hall–Kier alpha value is -1.40. The summed E-state index contributed by atoms with van der Waals surface area (Å²) in [6.07, 6.45) is 3.40. The lowest BCUT2D eigenvalue weighted by Gasteiger charge is -2.19. The van der Waals surface area contributed by atoms with Crippen LogP contribution < -0.4 is 0 Å². The van der Waals surface area contributed by atoms with E-state index in [0.717, 1.165) is 12.8 Å². The molecule has 2 aliphatic rings. The summed E-state index contributed by atoms with van der Waals surface area (Å²) in [6, 6.07) is 4.28. The predicted molar refractivity (Wildman–Crippen MR) is 77.7 cm³/mol. The third-order valence-corrected chi connectivity index (χ3v) is 6.72. The molecule has 1 saturated heterocycles. The Bertz CT molecular complexity index is 671. The van der Waals surface area contributed by atoms with E-state index in [9.17, 15) is 13.2 Å². The zero-order valence-corrected chi connectivity index (χ0v) is 12.8. The van der Waals surface area contributed by atoms with Gasteiger partial charge in [-0.25, -0.2) is 13.2 Å². The maximum atomic E-state index is 12.8. The van der Waals surface area contributed by atoms with Crippen molar-refractivity contribution in [1.29, 1.82) is 0 Å². The van der Waals surface area contributed by atoms with Crippen LogP contribution in [0, 0.1) is 18.8 Å². The van der Waals surface area contributed by atoms with Gasteiger partial charge in [0.2, 0.25) is 10.0 Å². The van der Waals surface area contributed by atoms with E-state index in [0.29, 0.717) is 30.5 Å². The molecule has 0 spiro atoms. The number of aryl methyl sites for hydroxylation is 1. The number of fused-ring (bicyclic) bond motifs is 1. The van der Waals surface area contributed by atoms with Crippen molar-refractivity contribution in [3.05, 3.63) is 29.3 Å². The number of carboxylic acid groups (broad SMARTS) is 1. The smallest absolute Gasteiger partial charge is 0.335 e. The average molecular weight is 309 g/mol. The minimum Gasteiger partial charge on any atom is -0.478 e. The van der Waals surface area contributed by atoms with E-state index in [2.05, 4.69) is 0 Å². The van der Waals surface area contributed by atoms with Gasteiger partial charge in [-0.3, -0.25) is 0 Å². The van der Waals surface area contributed by atoms with Gasteiger partial charge in [0.15, 0.2) is 0 Å². The van der Waals surface area contributed by atoms with Gasteiger partial charge in [-0.1, -0.05) is 12.5 Å². The SMILES string of the molecule is Cc1ccc(C(=O)O)cc1S(=O)(=O)N1C[C@H]2CCC[C@H]2C1. The van der Waals surface area contributed by atoms with Crippen LogP contribution in [0.15, 0.2) is 23.1 Å². The number of hydrogen-bond donors (Lipinski definition) is 1. The van der Waals surface area contributed by atoms with Crippen molar-refractivity contribution in [2.75, 3.05) is 13.1 Å². The maximum absolute atomic E-state index is 12.8. The summed E-state index contributed by atoms with van der Waals surface area (Å²) in [5, 5.41) is 9.05. The number of aromatic carboxylic acids is 1. The summed E-state index contributed by atoms with van der Waals surface area (Å²) in [7, 11) is -3.60. The van der Waals surface area contributed by atoms with Crippen LogP contribution in [0.5, 0.6) is 0 Å². The fraction of sp³-hybridized carbons (Fsp3) is 0.533. The summed E-state index contributed by atoms with van der Waals surface area (Å²) < 4.78 is 27.1. The fourth-order valence-electron chi connectivity index (χ4n) is 3.54. The Balaban J connectivity index is 1.95. The van der Waals surface area contributed by atoms with Crippen molar-refractivity contribution >= 4 is 16.0 Å². The lowest BCUT2D eigenvalue weighted by molar-refractivity contribution is 0.0696. The van der Waals surface area contributed by atoms with Gasteiger partial charge in [0, 0.05) is 13.1 Å². The second-order valence-corrected chi connectivity index (χ2v) is 7.96. The second-order valence-electron chi connectivity index (χ2n) is 6.06. The predicted octanol–water partition coefficient (Wildman–Crippen LogP) is 2.11. The van der Waals surface area contributed by atoms with Crippen molar-refractivity contribution in [3.8, 4) is 0 Å². The number of rotatable bonds is 3. The van der Waals surface area contributed by atoms with Crippen LogP contribution in [-0.4, -0.2) is 36.9 Å². The summed E-state index contributed by atoms with van der Waals surface area (Å²) in [6.45, 7) is 2.85. The Morgan fingerprint density at radius 1 is 1.24 bits per heavy atom. The Labute approximate surface area is 124 Å². The van der Waals surface area contributed by atoms with Gasteiger partial charge < -0.3 is 5.11 Å². The molecule has 0 aromatic heterocycles. The third kappa shape index (κ3) is 2.46. The minimum absolute atomic E-state index is 0.0126. The number of sulfonamides is 1. The molecule has 0 bridgehead atoms. The third-order valence-electron chi connectivity index (χ3n) is 4.75. The van der Waals surface area contributed by atoms with E-state index in [4.69, 9.17) is 5.11 Å².